The van der Waals surface area contributed by atoms with Gasteiger partial charge in [-0.25, -0.2) is 0 Å². The van der Waals surface area contributed by atoms with Gasteiger partial charge in [-0.05, 0) is 29.7 Å². The van der Waals surface area contributed by atoms with Gasteiger partial charge >= 0.3 is 0 Å². The fourth-order valence-corrected chi connectivity index (χ4v) is 1.89. The van der Waals surface area contributed by atoms with E-state index >= 15 is 0 Å². The molecular weight excluding hydrogens is 234 g/mol. The van der Waals surface area contributed by atoms with Gasteiger partial charge in [0.05, 0.1) is 0 Å². The van der Waals surface area contributed by atoms with Crippen LogP contribution in [0.4, 0.5) is 0 Å². The Hall–Kier alpha value is -2.06. The summed E-state index contributed by atoms with van der Waals surface area (Å²) in [5, 5.41) is 0. The number of hydrogen-bond donors (Lipinski definition) is 1. The average Bonchev–Trinajstić information content (AvgIpc) is 2.47. The van der Waals surface area contributed by atoms with Gasteiger partial charge in [-0.3, -0.25) is 0 Å². The highest BCUT2D eigenvalue weighted by Gasteiger charge is 2.05. The van der Waals surface area contributed by atoms with Crippen LogP contribution in [0.5, 0.6) is 5.75 Å². The maximum Gasteiger partial charge on any atom is 0.120 e. The minimum Gasteiger partial charge on any atom is -0.489 e. The van der Waals surface area contributed by atoms with E-state index in [0.717, 1.165) is 23.3 Å². The molecule has 0 spiro atoms. The van der Waals surface area contributed by atoms with E-state index in [-0.39, 0.29) is 6.04 Å². The first kappa shape index (κ1) is 13.4. The zero-order valence-electron chi connectivity index (χ0n) is 11.0. The molecule has 0 aliphatic carbocycles. The summed E-state index contributed by atoms with van der Waals surface area (Å²) in [7, 11) is 0. The molecule has 2 N–H and O–H groups in total. The molecule has 1 atom stereocenters. The second-order valence-corrected chi connectivity index (χ2v) is 4.48. The second kappa shape index (κ2) is 6.76. The average molecular weight is 253 g/mol. The Labute approximate surface area is 114 Å². The highest BCUT2D eigenvalue weighted by atomic mass is 16.5. The SMILES string of the molecule is C=CCC(N)c1cccc(OCc2ccccc2)c1. The molecule has 0 heterocycles. The van der Waals surface area contributed by atoms with Gasteiger partial charge in [-0.1, -0.05) is 48.5 Å². The van der Waals surface area contributed by atoms with Crippen molar-refractivity contribution < 1.29 is 4.74 Å². The van der Waals surface area contributed by atoms with Crippen LogP contribution in [-0.4, -0.2) is 0 Å². The lowest BCUT2D eigenvalue weighted by Gasteiger charge is -2.12. The zero-order chi connectivity index (χ0) is 13.5. The van der Waals surface area contributed by atoms with Gasteiger partial charge in [0.15, 0.2) is 0 Å². The van der Waals surface area contributed by atoms with Crippen LogP contribution in [0.2, 0.25) is 0 Å². The Bertz CT molecular complexity index is 522. The zero-order valence-corrected chi connectivity index (χ0v) is 11.0. The molecule has 0 radical (unpaired) electrons. The maximum absolute atomic E-state index is 6.05. The van der Waals surface area contributed by atoms with Gasteiger partial charge in [0, 0.05) is 6.04 Å². The Morgan fingerprint density at radius 3 is 2.63 bits per heavy atom. The van der Waals surface area contributed by atoms with E-state index in [1.165, 1.54) is 0 Å². The summed E-state index contributed by atoms with van der Waals surface area (Å²) in [5.74, 6) is 0.848. The van der Waals surface area contributed by atoms with Gasteiger partial charge in [0.1, 0.15) is 12.4 Å². The summed E-state index contributed by atoms with van der Waals surface area (Å²) < 4.78 is 5.78. The number of ether oxygens (including phenoxy) is 1. The molecule has 2 heteroatoms. The molecular formula is C17H19NO. The minimum absolute atomic E-state index is 0.0159. The fraction of sp³-hybridized carbons (Fsp3) is 0.176. The van der Waals surface area contributed by atoms with Crippen molar-refractivity contribution >= 4 is 0 Å². The maximum atomic E-state index is 6.05. The summed E-state index contributed by atoms with van der Waals surface area (Å²) in [6.45, 7) is 4.28. The summed E-state index contributed by atoms with van der Waals surface area (Å²) in [4.78, 5) is 0. The summed E-state index contributed by atoms with van der Waals surface area (Å²) in [5.41, 5.74) is 8.29. The largest absolute Gasteiger partial charge is 0.489 e. The van der Waals surface area contributed by atoms with Crippen LogP contribution in [-0.2, 0) is 6.61 Å². The van der Waals surface area contributed by atoms with Crippen LogP contribution in [0, 0.1) is 0 Å². The third-order valence-corrected chi connectivity index (χ3v) is 2.96. The summed E-state index contributed by atoms with van der Waals surface area (Å²) in [6, 6.07) is 18.0. The normalized spacial score (nSPS) is 11.8. The number of rotatable bonds is 6. The van der Waals surface area contributed by atoms with Crippen molar-refractivity contribution in [2.75, 3.05) is 0 Å². The Morgan fingerprint density at radius 1 is 1.11 bits per heavy atom. The van der Waals surface area contributed by atoms with E-state index in [9.17, 15) is 0 Å². The van der Waals surface area contributed by atoms with Crippen molar-refractivity contribution in [3.05, 3.63) is 78.4 Å². The van der Waals surface area contributed by atoms with Crippen molar-refractivity contribution in [2.45, 2.75) is 19.1 Å². The topological polar surface area (TPSA) is 35.2 Å². The Balaban J connectivity index is 2.01. The third kappa shape index (κ3) is 3.97. The molecule has 1 unspecified atom stereocenters. The van der Waals surface area contributed by atoms with Gasteiger partial charge < -0.3 is 10.5 Å². The lowest BCUT2D eigenvalue weighted by Crippen LogP contribution is -2.09. The lowest BCUT2D eigenvalue weighted by atomic mass is 10.0. The fourth-order valence-electron chi connectivity index (χ4n) is 1.89. The van der Waals surface area contributed by atoms with Crippen LogP contribution in [0.3, 0.4) is 0 Å². The molecule has 0 amide bonds. The van der Waals surface area contributed by atoms with E-state index in [4.69, 9.17) is 10.5 Å². The molecule has 2 aromatic rings. The Morgan fingerprint density at radius 2 is 1.89 bits per heavy atom. The van der Waals surface area contributed by atoms with Gasteiger partial charge in [0.25, 0.3) is 0 Å². The molecule has 0 saturated carbocycles. The van der Waals surface area contributed by atoms with Crippen molar-refractivity contribution in [1.29, 1.82) is 0 Å². The smallest absolute Gasteiger partial charge is 0.120 e. The monoisotopic (exact) mass is 253 g/mol. The van der Waals surface area contributed by atoms with Crippen molar-refractivity contribution in [1.82, 2.24) is 0 Å². The molecule has 2 rings (SSSR count). The Kier molecular flexibility index (Phi) is 4.76. The molecule has 19 heavy (non-hydrogen) atoms. The van der Waals surface area contributed by atoms with Crippen molar-refractivity contribution in [3.8, 4) is 5.75 Å². The molecule has 98 valence electrons. The predicted octanol–water partition coefficient (Wildman–Crippen LogP) is 3.84. The van der Waals surface area contributed by atoms with Gasteiger partial charge in [-0.15, -0.1) is 6.58 Å². The standard InChI is InChI=1S/C17H19NO/c1-2-7-17(18)15-10-6-11-16(12-15)19-13-14-8-4-3-5-9-14/h2-6,8-12,17H,1,7,13,18H2. The van der Waals surface area contributed by atoms with E-state index in [2.05, 4.69) is 6.58 Å². The van der Waals surface area contributed by atoms with E-state index in [1.54, 1.807) is 0 Å². The number of benzene rings is 2. The van der Waals surface area contributed by atoms with Crippen LogP contribution < -0.4 is 10.5 Å². The third-order valence-electron chi connectivity index (χ3n) is 2.96. The number of nitrogens with two attached hydrogens (primary N) is 1. The quantitative estimate of drug-likeness (QED) is 0.794. The molecule has 2 nitrogen and oxygen atoms in total. The molecule has 0 fully saturated rings. The lowest BCUT2D eigenvalue weighted by molar-refractivity contribution is 0.305. The summed E-state index contributed by atoms with van der Waals surface area (Å²) >= 11 is 0. The van der Waals surface area contributed by atoms with Crippen LogP contribution in [0.15, 0.2) is 67.3 Å². The van der Waals surface area contributed by atoms with E-state index < -0.39 is 0 Å². The first-order valence-corrected chi connectivity index (χ1v) is 6.43. The van der Waals surface area contributed by atoms with E-state index in [0.29, 0.717) is 6.61 Å². The first-order chi connectivity index (χ1) is 9.29. The molecule has 0 bridgehead atoms. The van der Waals surface area contributed by atoms with E-state index in [1.807, 2.05) is 60.7 Å². The molecule has 0 aromatic heterocycles. The highest BCUT2D eigenvalue weighted by molar-refractivity contribution is 5.31. The number of hydrogen-bond acceptors (Lipinski definition) is 2. The van der Waals surface area contributed by atoms with Crippen LogP contribution in [0.25, 0.3) is 0 Å². The molecule has 2 aromatic carbocycles. The van der Waals surface area contributed by atoms with Crippen LogP contribution in [0.1, 0.15) is 23.6 Å². The highest BCUT2D eigenvalue weighted by Crippen LogP contribution is 2.21. The molecule has 0 aliphatic heterocycles. The first-order valence-electron chi connectivity index (χ1n) is 6.43. The summed E-state index contributed by atoms with van der Waals surface area (Å²) in [6.07, 6.45) is 2.60. The molecule has 0 saturated heterocycles. The van der Waals surface area contributed by atoms with Gasteiger partial charge in [-0.2, -0.15) is 0 Å². The van der Waals surface area contributed by atoms with Crippen molar-refractivity contribution in [2.24, 2.45) is 5.73 Å². The van der Waals surface area contributed by atoms with Crippen molar-refractivity contribution in [3.63, 3.8) is 0 Å². The second-order valence-electron chi connectivity index (χ2n) is 4.48. The predicted molar refractivity (Wildman–Crippen MR) is 79.0 cm³/mol. The molecule has 0 aliphatic rings. The van der Waals surface area contributed by atoms with Crippen LogP contribution >= 0.6 is 0 Å². The van der Waals surface area contributed by atoms with Gasteiger partial charge in [0.2, 0.25) is 0 Å². The minimum atomic E-state index is -0.0159.